The number of amides is 3. The minimum Gasteiger partial charge on any atom is -0.482 e. The zero-order chi connectivity index (χ0) is 19.6. The van der Waals surface area contributed by atoms with Gasteiger partial charge in [-0.25, -0.2) is 4.79 Å². The van der Waals surface area contributed by atoms with Crippen LogP contribution in [0.1, 0.15) is 19.4 Å². The number of benzene rings is 2. The average Bonchev–Trinajstić information content (AvgIpc) is 2.65. The van der Waals surface area contributed by atoms with Crippen molar-refractivity contribution in [3.05, 3.63) is 48.0 Å². The molecule has 27 heavy (non-hydrogen) atoms. The van der Waals surface area contributed by atoms with Crippen LogP contribution in [0.4, 0.5) is 21.9 Å². The molecule has 2 N–H and O–H groups in total. The van der Waals surface area contributed by atoms with Crippen LogP contribution in [0.15, 0.2) is 42.5 Å². The van der Waals surface area contributed by atoms with Crippen molar-refractivity contribution in [1.29, 1.82) is 5.26 Å². The van der Waals surface area contributed by atoms with E-state index in [1.165, 1.54) is 4.90 Å². The lowest BCUT2D eigenvalue weighted by Crippen LogP contribution is -2.35. The number of carbonyl (C=O) groups is 2. The van der Waals surface area contributed by atoms with Crippen molar-refractivity contribution in [3.8, 4) is 11.8 Å². The quantitative estimate of drug-likeness (QED) is 0.872. The molecular formula is C20H20N4O3. The van der Waals surface area contributed by atoms with Gasteiger partial charge in [-0.15, -0.1) is 0 Å². The standard InChI is InChI=1S/C20H20N4O3/c1-20(2,12-21)13-4-6-14(7-5-13)22-19(26)23-15-8-9-17-16(10-15)24(3)18(25)11-27-17/h4-10H,11H2,1-3H3,(H2,22,23,26). The molecule has 0 radical (unpaired) electrons. The largest absolute Gasteiger partial charge is 0.482 e. The van der Waals surface area contributed by atoms with E-state index in [4.69, 9.17) is 4.74 Å². The Bertz CT molecular complexity index is 929. The minimum atomic E-state index is -0.588. The van der Waals surface area contributed by atoms with Gasteiger partial charge in [-0.05, 0) is 49.7 Å². The highest BCUT2D eigenvalue weighted by atomic mass is 16.5. The Labute approximate surface area is 157 Å². The maximum atomic E-state index is 12.2. The number of rotatable bonds is 3. The molecule has 3 rings (SSSR count). The molecule has 138 valence electrons. The summed E-state index contributed by atoms with van der Waals surface area (Å²) in [5.74, 6) is 0.447. The second kappa shape index (κ2) is 7.00. The van der Waals surface area contributed by atoms with Crippen molar-refractivity contribution in [2.45, 2.75) is 19.3 Å². The van der Waals surface area contributed by atoms with Crippen LogP contribution in [0.5, 0.6) is 5.75 Å². The van der Waals surface area contributed by atoms with Gasteiger partial charge < -0.3 is 20.3 Å². The molecule has 1 aliphatic heterocycles. The van der Waals surface area contributed by atoms with E-state index < -0.39 is 11.4 Å². The minimum absolute atomic E-state index is 0.00929. The van der Waals surface area contributed by atoms with Gasteiger partial charge in [0, 0.05) is 18.4 Å². The first-order valence-corrected chi connectivity index (χ1v) is 8.43. The van der Waals surface area contributed by atoms with E-state index in [2.05, 4.69) is 16.7 Å². The summed E-state index contributed by atoms with van der Waals surface area (Å²) in [7, 11) is 1.66. The maximum Gasteiger partial charge on any atom is 0.323 e. The average molecular weight is 364 g/mol. The fourth-order valence-corrected chi connectivity index (χ4v) is 2.68. The van der Waals surface area contributed by atoms with E-state index in [0.717, 1.165) is 5.56 Å². The third-order valence-electron chi connectivity index (χ3n) is 4.45. The Morgan fingerprint density at radius 3 is 2.44 bits per heavy atom. The fourth-order valence-electron chi connectivity index (χ4n) is 2.68. The lowest BCUT2D eigenvalue weighted by molar-refractivity contribution is -0.120. The number of nitrogens with one attached hydrogen (secondary N) is 2. The molecule has 3 amide bonds. The predicted octanol–water partition coefficient (Wildman–Crippen LogP) is 3.49. The molecule has 1 aliphatic rings. The number of hydrogen-bond donors (Lipinski definition) is 2. The van der Waals surface area contributed by atoms with E-state index in [9.17, 15) is 14.9 Å². The van der Waals surface area contributed by atoms with Crippen LogP contribution < -0.4 is 20.3 Å². The van der Waals surface area contributed by atoms with E-state index in [0.29, 0.717) is 22.8 Å². The molecule has 2 aromatic rings. The first-order valence-electron chi connectivity index (χ1n) is 8.43. The number of nitriles is 1. The number of fused-ring (bicyclic) bond motifs is 1. The van der Waals surface area contributed by atoms with E-state index in [1.807, 2.05) is 26.0 Å². The van der Waals surface area contributed by atoms with Crippen molar-refractivity contribution >= 4 is 29.0 Å². The van der Waals surface area contributed by atoms with Crippen LogP contribution in [-0.4, -0.2) is 25.6 Å². The second-order valence-corrected chi connectivity index (χ2v) is 6.82. The molecule has 0 fully saturated rings. The highest BCUT2D eigenvalue weighted by Gasteiger charge is 2.23. The molecule has 0 bridgehead atoms. The first-order chi connectivity index (χ1) is 12.8. The molecule has 7 heteroatoms. The highest BCUT2D eigenvalue weighted by Crippen LogP contribution is 2.33. The maximum absolute atomic E-state index is 12.2. The molecular weight excluding hydrogens is 344 g/mol. The molecule has 0 atom stereocenters. The Balaban J connectivity index is 1.68. The Morgan fingerprint density at radius 2 is 1.78 bits per heavy atom. The van der Waals surface area contributed by atoms with Crippen molar-refractivity contribution in [2.24, 2.45) is 0 Å². The second-order valence-electron chi connectivity index (χ2n) is 6.82. The van der Waals surface area contributed by atoms with Crippen LogP contribution in [0.3, 0.4) is 0 Å². The van der Waals surface area contributed by atoms with Gasteiger partial charge in [0.1, 0.15) is 5.75 Å². The van der Waals surface area contributed by atoms with Gasteiger partial charge in [-0.2, -0.15) is 5.26 Å². The lowest BCUT2D eigenvalue weighted by atomic mass is 9.86. The Morgan fingerprint density at radius 1 is 1.15 bits per heavy atom. The predicted molar refractivity (Wildman–Crippen MR) is 103 cm³/mol. The number of ether oxygens (including phenoxy) is 1. The number of anilines is 3. The summed E-state index contributed by atoms with van der Waals surface area (Å²) in [6, 6.07) is 14.1. The van der Waals surface area contributed by atoms with Gasteiger partial charge in [0.25, 0.3) is 5.91 Å². The van der Waals surface area contributed by atoms with Gasteiger partial charge in [0.2, 0.25) is 0 Å². The molecule has 0 aliphatic carbocycles. The highest BCUT2D eigenvalue weighted by molar-refractivity contribution is 6.02. The van der Waals surface area contributed by atoms with Crippen LogP contribution in [-0.2, 0) is 10.2 Å². The zero-order valence-corrected chi connectivity index (χ0v) is 15.4. The topological polar surface area (TPSA) is 94.5 Å². The molecule has 0 saturated carbocycles. The van der Waals surface area contributed by atoms with Crippen LogP contribution in [0.2, 0.25) is 0 Å². The van der Waals surface area contributed by atoms with Crippen molar-refractivity contribution in [2.75, 3.05) is 29.2 Å². The Hall–Kier alpha value is -3.53. The smallest absolute Gasteiger partial charge is 0.323 e. The van der Waals surface area contributed by atoms with E-state index in [1.54, 1.807) is 37.4 Å². The molecule has 0 spiro atoms. The van der Waals surface area contributed by atoms with Crippen molar-refractivity contribution in [1.82, 2.24) is 0 Å². The SMILES string of the molecule is CN1C(=O)COc2ccc(NC(=O)Nc3ccc(C(C)(C)C#N)cc3)cc21. The van der Waals surface area contributed by atoms with Gasteiger partial charge in [-0.1, -0.05) is 12.1 Å². The van der Waals surface area contributed by atoms with Crippen LogP contribution in [0.25, 0.3) is 0 Å². The van der Waals surface area contributed by atoms with Crippen molar-refractivity contribution < 1.29 is 14.3 Å². The third kappa shape index (κ3) is 3.85. The summed E-state index contributed by atoms with van der Waals surface area (Å²) in [5.41, 5.74) is 2.04. The molecule has 1 heterocycles. The van der Waals surface area contributed by atoms with Crippen molar-refractivity contribution in [3.63, 3.8) is 0 Å². The van der Waals surface area contributed by atoms with Gasteiger partial charge in [0.15, 0.2) is 6.61 Å². The van der Waals surface area contributed by atoms with Gasteiger partial charge >= 0.3 is 6.03 Å². The molecule has 2 aromatic carbocycles. The molecule has 7 nitrogen and oxygen atoms in total. The van der Waals surface area contributed by atoms with E-state index in [-0.39, 0.29) is 12.5 Å². The van der Waals surface area contributed by atoms with E-state index >= 15 is 0 Å². The summed E-state index contributed by atoms with van der Waals surface area (Å²) < 4.78 is 5.37. The fraction of sp³-hybridized carbons (Fsp3) is 0.250. The van der Waals surface area contributed by atoms with Gasteiger partial charge in [0.05, 0.1) is 17.2 Å². The lowest BCUT2D eigenvalue weighted by Gasteiger charge is -2.26. The molecule has 0 aromatic heterocycles. The van der Waals surface area contributed by atoms with Crippen LogP contribution in [0, 0.1) is 11.3 Å². The zero-order valence-electron chi connectivity index (χ0n) is 15.4. The summed E-state index contributed by atoms with van der Waals surface area (Å²) in [6.07, 6.45) is 0. The third-order valence-corrected chi connectivity index (χ3v) is 4.45. The summed E-state index contributed by atoms with van der Waals surface area (Å²) in [4.78, 5) is 25.5. The normalized spacial score (nSPS) is 13.3. The summed E-state index contributed by atoms with van der Waals surface area (Å²) in [6.45, 7) is 3.68. The number of carbonyl (C=O) groups excluding carboxylic acids is 2. The Kier molecular flexibility index (Phi) is 4.74. The number of likely N-dealkylation sites (N-methyl/N-ethyl adjacent to an activating group) is 1. The monoisotopic (exact) mass is 364 g/mol. The number of urea groups is 1. The number of hydrogen-bond acceptors (Lipinski definition) is 4. The van der Waals surface area contributed by atoms with Crippen LogP contribution >= 0.6 is 0 Å². The van der Waals surface area contributed by atoms with Gasteiger partial charge in [-0.3, -0.25) is 4.79 Å². The molecule has 0 saturated heterocycles. The summed E-state index contributed by atoms with van der Waals surface area (Å²) >= 11 is 0. The first kappa shape index (κ1) is 18.3. The summed E-state index contributed by atoms with van der Waals surface area (Å²) in [5, 5.41) is 14.7. The molecule has 0 unspecified atom stereocenters. The number of nitrogens with zero attached hydrogens (tertiary/aromatic N) is 2.